The third kappa shape index (κ3) is 7.94. The van der Waals surface area contributed by atoms with Gasteiger partial charge in [-0.05, 0) is 74.8 Å². The van der Waals surface area contributed by atoms with Crippen LogP contribution in [0.3, 0.4) is 0 Å². The number of benzene rings is 1. The molecule has 4 aromatic rings. The van der Waals surface area contributed by atoms with Gasteiger partial charge in [-0.25, -0.2) is 10.4 Å². The summed E-state index contributed by atoms with van der Waals surface area (Å²) in [6.45, 7) is 13.6. The maximum atomic E-state index is 14.1. The van der Waals surface area contributed by atoms with Crippen LogP contribution in [0.25, 0.3) is 33.4 Å². The highest BCUT2D eigenvalue weighted by Gasteiger charge is 2.49. The Balaban J connectivity index is 1.38. The second-order valence-corrected chi connectivity index (χ2v) is 17.4. The molecule has 12 nitrogen and oxygen atoms in total. The van der Waals surface area contributed by atoms with Crippen molar-refractivity contribution in [2.24, 2.45) is 23.2 Å². The molecular formula is C42H54N6O6S. The number of nitrogens with zero attached hydrogens (tertiary/aromatic N) is 4. The van der Waals surface area contributed by atoms with E-state index in [0.717, 1.165) is 49.7 Å². The SMILES string of the molecule is CO[C@H](C)Cn1c(-c2cccnc2[C@H](C)OC)c2c3cc(ccc31)-c1csc(n1)C[C@H](NC(=O)C1[C@@H](C)[C@H]1C)C(=O)N1CCC[C@H](N1)C(=O)OCC(C)(C)C2. The normalized spacial score (nSPS) is 25.2. The molecule has 3 aliphatic rings. The number of thiazole rings is 1. The second kappa shape index (κ2) is 15.8. The van der Waals surface area contributed by atoms with Crippen molar-refractivity contribution in [1.29, 1.82) is 0 Å². The van der Waals surface area contributed by atoms with Gasteiger partial charge in [0.05, 0.1) is 40.9 Å². The summed E-state index contributed by atoms with van der Waals surface area (Å²) in [6.07, 6.45) is 3.43. The van der Waals surface area contributed by atoms with E-state index < -0.39 is 23.5 Å². The molecule has 3 aromatic heterocycles. The van der Waals surface area contributed by atoms with E-state index in [1.165, 1.54) is 16.3 Å². The van der Waals surface area contributed by atoms with Gasteiger partial charge in [-0.2, -0.15) is 0 Å². The van der Waals surface area contributed by atoms with Crippen LogP contribution in [0.2, 0.25) is 0 Å². The summed E-state index contributed by atoms with van der Waals surface area (Å²) >= 11 is 1.48. The number of carbonyl (C=O) groups excluding carboxylic acids is 3. The van der Waals surface area contributed by atoms with Gasteiger partial charge in [0.25, 0.3) is 5.91 Å². The van der Waals surface area contributed by atoms with Crippen molar-refractivity contribution in [3.63, 3.8) is 0 Å². The number of amides is 2. The number of ether oxygens (including phenoxy) is 3. The number of cyclic esters (lactones) is 1. The zero-order chi connectivity index (χ0) is 39.2. The number of carbonyl (C=O) groups is 3. The molecule has 2 N–H and O–H groups in total. The highest BCUT2D eigenvalue weighted by Crippen LogP contribution is 2.46. The molecule has 2 aliphatic heterocycles. The quantitative estimate of drug-likeness (QED) is 0.203. The molecule has 55 heavy (non-hydrogen) atoms. The lowest BCUT2D eigenvalue weighted by molar-refractivity contribution is -0.155. The van der Waals surface area contributed by atoms with Crippen molar-refractivity contribution in [2.45, 2.75) is 98.1 Å². The number of methoxy groups -OCH3 is 2. The fourth-order valence-corrected chi connectivity index (χ4v) is 9.02. The van der Waals surface area contributed by atoms with Crippen LogP contribution >= 0.6 is 11.3 Å². The third-order valence-electron chi connectivity index (χ3n) is 11.8. The van der Waals surface area contributed by atoms with Gasteiger partial charge in [0.1, 0.15) is 12.1 Å². The Bertz CT molecular complexity index is 2070. The molecule has 294 valence electrons. The highest BCUT2D eigenvalue weighted by atomic mass is 32.1. The Morgan fingerprint density at radius 1 is 1.15 bits per heavy atom. The smallest absolute Gasteiger partial charge is 0.324 e. The van der Waals surface area contributed by atoms with E-state index in [1.807, 2.05) is 18.4 Å². The number of hydrogen-bond donors (Lipinski definition) is 2. The van der Waals surface area contributed by atoms with E-state index in [2.05, 4.69) is 74.2 Å². The van der Waals surface area contributed by atoms with Crippen molar-refractivity contribution in [3.05, 3.63) is 58.2 Å². The minimum absolute atomic E-state index is 0.0866. The lowest BCUT2D eigenvalue weighted by atomic mass is 9.84. The summed E-state index contributed by atoms with van der Waals surface area (Å²) in [5, 5.41) is 8.38. The Hall–Kier alpha value is -4.17. The Labute approximate surface area is 327 Å². The zero-order valence-corrected chi connectivity index (χ0v) is 34.0. The van der Waals surface area contributed by atoms with Gasteiger partial charge in [0.2, 0.25) is 5.91 Å². The molecule has 13 heteroatoms. The number of pyridine rings is 1. The van der Waals surface area contributed by atoms with Crippen LogP contribution in [0.1, 0.15) is 76.8 Å². The molecule has 0 spiro atoms. The van der Waals surface area contributed by atoms with Crippen LogP contribution in [0.5, 0.6) is 0 Å². The topological polar surface area (TPSA) is 137 Å². The lowest BCUT2D eigenvalue weighted by Crippen LogP contribution is -2.60. The van der Waals surface area contributed by atoms with Gasteiger partial charge in [-0.1, -0.05) is 33.8 Å². The Kier molecular flexibility index (Phi) is 11.2. The molecule has 7 atom stereocenters. The fourth-order valence-electron chi connectivity index (χ4n) is 8.16. The number of rotatable bonds is 8. The molecule has 1 saturated heterocycles. The van der Waals surface area contributed by atoms with Crippen LogP contribution in [-0.4, -0.2) is 82.9 Å². The summed E-state index contributed by atoms with van der Waals surface area (Å²) in [7, 11) is 3.42. The molecule has 6 bridgehead atoms. The Morgan fingerprint density at radius 3 is 2.65 bits per heavy atom. The number of esters is 1. The van der Waals surface area contributed by atoms with Crippen molar-refractivity contribution in [3.8, 4) is 22.5 Å². The molecule has 2 fully saturated rings. The maximum Gasteiger partial charge on any atom is 0.324 e. The van der Waals surface area contributed by atoms with Crippen LogP contribution in [0, 0.1) is 23.2 Å². The van der Waals surface area contributed by atoms with Crippen LogP contribution in [0.4, 0.5) is 0 Å². The van der Waals surface area contributed by atoms with Crippen molar-refractivity contribution in [1.82, 2.24) is 30.3 Å². The van der Waals surface area contributed by atoms with E-state index in [0.29, 0.717) is 32.4 Å². The van der Waals surface area contributed by atoms with E-state index in [-0.39, 0.29) is 54.8 Å². The molecule has 7 rings (SSSR count). The second-order valence-electron chi connectivity index (χ2n) is 16.4. The first-order valence-corrected chi connectivity index (χ1v) is 20.3. The minimum atomic E-state index is -0.844. The van der Waals surface area contributed by atoms with Crippen molar-refractivity contribution in [2.75, 3.05) is 27.4 Å². The average Bonchev–Trinajstić information content (AvgIpc) is 3.45. The van der Waals surface area contributed by atoms with Gasteiger partial charge in [0, 0.05) is 78.7 Å². The van der Waals surface area contributed by atoms with E-state index >= 15 is 0 Å². The molecule has 1 unspecified atom stereocenters. The predicted molar refractivity (Wildman–Crippen MR) is 212 cm³/mol. The van der Waals surface area contributed by atoms with Crippen LogP contribution in [0.15, 0.2) is 41.9 Å². The lowest BCUT2D eigenvalue weighted by Gasteiger charge is -2.35. The molecule has 1 aliphatic carbocycles. The average molecular weight is 771 g/mol. The monoisotopic (exact) mass is 770 g/mol. The standard InChI is InChI=1S/C42H54N6O6S/c1-23(52-7)20-47-34-14-13-27-17-29(34)30(38(47)28-11-9-15-43-37(28)26(4)53-8)19-42(5,6)22-54-41(51)31-12-10-16-48(46-31)40(50)32(18-35-44-33(27)21-55-35)45-39(49)36-24(2)25(36)3/h9,11,13-15,17,21,23-26,31-32,36,46H,10,12,16,18-20,22H2,1-8H3,(H,45,49)/t23-,24-,25+,26+,31+,32+,36?/m1/s1. The summed E-state index contributed by atoms with van der Waals surface area (Å²) in [4.78, 5) is 51.1. The number of fused-ring (bicyclic) bond motifs is 6. The highest BCUT2D eigenvalue weighted by molar-refractivity contribution is 7.10. The number of hydrazine groups is 1. The summed E-state index contributed by atoms with van der Waals surface area (Å²) in [5.74, 6) is -0.409. The van der Waals surface area contributed by atoms with Crippen LogP contribution in [-0.2, 0) is 48.0 Å². The molecule has 1 saturated carbocycles. The molecule has 1 aromatic carbocycles. The van der Waals surface area contributed by atoms with Gasteiger partial charge < -0.3 is 24.1 Å². The predicted octanol–water partition coefficient (Wildman–Crippen LogP) is 6.12. The molecular weight excluding hydrogens is 717 g/mol. The molecule has 5 heterocycles. The number of aromatic nitrogens is 3. The van der Waals surface area contributed by atoms with Crippen LogP contribution < -0.4 is 10.7 Å². The zero-order valence-electron chi connectivity index (χ0n) is 33.2. The summed E-state index contributed by atoms with van der Waals surface area (Å²) in [5.41, 5.74) is 9.38. The van der Waals surface area contributed by atoms with Gasteiger partial charge in [-0.15, -0.1) is 11.3 Å². The van der Waals surface area contributed by atoms with Gasteiger partial charge >= 0.3 is 5.97 Å². The van der Waals surface area contributed by atoms with Crippen molar-refractivity contribution >= 4 is 40.0 Å². The first kappa shape index (κ1) is 39.1. The Morgan fingerprint density at radius 2 is 1.93 bits per heavy atom. The molecule has 2 amide bonds. The third-order valence-corrected chi connectivity index (χ3v) is 12.7. The van der Waals surface area contributed by atoms with Gasteiger partial charge in [-0.3, -0.25) is 24.4 Å². The van der Waals surface area contributed by atoms with E-state index in [9.17, 15) is 14.4 Å². The minimum Gasteiger partial charge on any atom is -0.464 e. The van der Waals surface area contributed by atoms with E-state index in [4.69, 9.17) is 24.2 Å². The maximum absolute atomic E-state index is 14.1. The largest absolute Gasteiger partial charge is 0.464 e. The van der Waals surface area contributed by atoms with Gasteiger partial charge in [0.15, 0.2) is 0 Å². The fraction of sp³-hybridized carbons (Fsp3) is 0.548. The first-order valence-electron chi connectivity index (χ1n) is 19.5. The first-order chi connectivity index (χ1) is 26.3. The molecule has 0 radical (unpaired) electrons. The van der Waals surface area contributed by atoms with Crippen molar-refractivity contribution < 1.29 is 28.6 Å². The number of nitrogens with one attached hydrogen (secondary N) is 2. The summed E-state index contributed by atoms with van der Waals surface area (Å²) < 4.78 is 20.1. The van der Waals surface area contributed by atoms with E-state index in [1.54, 1.807) is 20.4 Å². The summed E-state index contributed by atoms with van der Waals surface area (Å²) in [6, 6.07) is 8.95. The number of hydrogen-bond acceptors (Lipinski definition) is 10.